The van der Waals surface area contributed by atoms with Gasteiger partial charge in [-0.15, -0.1) is 0 Å². The van der Waals surface area contributed by atoms with Gasteiger partial charge in [-0.2, -0.15) is 0 Å². The summed E-state index contributed by atoms with van der Waals surface area (Å²) in [5.41, 5.74) is 3.90. The van der Waals surface area contributed by atoms with Crippen molar-refractivity contribution in [1.29, 1.82) is 0 Å². The number of aliphatic hydroxyl groups excluding tert-OH is 1. The fraction of sp³-hybridized carbons (Fsp3) is 0.296. The first kappa shape index (κ1) is 25.2. The summed E-state index contributed by atoms with van der Waals surface area (Å²) in [5.74, 6) is -0.173. The molecule has 0 unspecified atom stereocenters. The Labute approximate surface area is 210 Å². The van der Waals surface area contributed by atoms with Crippen molar-refractivity contribution in [2.45, 2.75) is 13.2 Å². The van der Waals surface area contributed by atoms with Gasteiger partial charge < -0.3 is 25.4 Å². The van der Waals surface area contributed by atoms with Crippen molar-refractivity contribution in [2.75, 3.05) is 49.5 Å². The van der Waals surface area contributed by atoms with E-state index in [9.17, 15) is 9.59 Å². The van der Waals surface area contributed by atoms with Gasteiger partial charge in [0, 0.05) is 68.6 Å². The topological polar surface area (TPSA) is 107 Å². The second-order valence-corrected chi connectivity index (χ2v) is 8.51. The molecule has 0 radical (unpaired) electrons. The van der Waals surface area contributed by atoms with Crippen LogP contribution in [0.4, 0.5) is 16.2 Å². The van der Waals surface area contributed by atoms with Gasteiger partial charge in [-0.1, -0.05) is 30.3 Å². The summed E-state index contributed by atoms with van der Waals surface area (Å²) in [7, 11) is 0. The zero-order valence-electron chi connectivity index (χ0n) is 20.1. The lowest BCUT2D eigenvalue weighted by molar-refractivity contribution is 0.102. The number of anilines is 2. The number of amides is 2. The number of hydrogen-bond donors (Lipinski definition) is 3. The molecule has 9 heteroatoms. The van der Waals surface area contributed by atoms with Gasteiger partial charge in [-0.05, 0) is 35.9 Å². The minimum absolute atomic E-state index is 0.157. The van der Waals surface area contributed by atoms with Crippen LogP contribution in [0.5, 0.6) is 0 Å². The monoisotopic (exact) mass is 489 g/mol. The maximum atomic E-state index is 13.1. The van der Waals surface area contributed by atoms with Crippen LogP contribution >= 0.6 is 0 Å². The molecule has 0 aliphatic carbocycles. The number of benzene rings is 2. The zero-order chi connectivity index (χ0) is 25.2. The zero-order valence-corrected chi connectivity index (χ0v) is 20.1. The molecular formula is C27H31N5O4. The SMILES string of the molecule is O=C(NCc1ccc(NC(=O)c2ccccc2N2CCN(CCO)CC2)cc1)OCc1cccnc1. The molecule has 2 amide bonds. The summed E-state index contributed by atoms with van der Waals surface area (Å²) in [6.45, 7) is 4.60. The second-order valence-electron chi connectivity index (χ2n) is 8.51. The average Bonchev–Trinajstić information content (AvgIpc) is 2.93. The quantitative estimate of drug-likeness (QED) is 0.424. The summed E-state index contributed by atoms with van der Waals surface area (Å²) >= 11 is 0. The highest BCUT2D eigenvalue weighted by atomic mass is 16.5. The van der Waals surface area contributed by atoms with Gasteiger partial charge in [0.05, 0.1) is 12.2 Å². The lowest BCUT2D eigenvalue weighted by Crippen LogP contribution is -2.47. The van der Waals surface area contributed by atoms with Gasteiger partial charge in [0.1, 0.15) is 6.61 Å². The maximum absolute atomic E-state index is 13.1. The highest BCUT2D eigenvalue weighted by Crippen LogP contribution is 2.23. The number of pyridine rings is 1. The van der Waals surface area contributed by atoms with E-state index in [2.05, 4.69) is 25.4 Å². The number of alkyl carbamates (subject to hydrolysis) is 1. The van der Waals surface area contributed by atoms with Gasteiger partial charge in [-0.3, -0.25) is 14.7 Å². The first-order valence-corrected chi connectivity index (χ1v) is 12.0. The van der Waals surface area contributed by atoms with Crippen molar-refractivity contribution in [1.82, 2.24) is 15.2 Å². The van der Waals surface area contributed by atoms with Gasteiger partial charge in [0.25, 0.3) is 5.91 Å². The molecule has 2 heterocycles. The molecule has 3 N–H and O–H groups in total. The highest BCUT2D eigenvalue weighted by molar-refractivity contribution is 6.08. The van der Waals surface area contributed by atoms with E-state index in [0.717, 1.165) is 43.0 Å². The molecule has 36 heavy (non-hydrogen) atoms. The van der Waals surface area contributed by atoms with Crippen LogP contribution in [0.1, 0.15) is 21.5 Å². The third-order valence-corrected chi connectivity index (χ3v) is 6.02. The Morgan fingerprint density at radius 2 is 1.72 bits per heavy atom. The van der Waals surface area contributed by atoms with Crippen LogP contribution in [0.2, 0.25) is 0 Å². The standard InChI is InChI=1S/C27H31N5O4/c33-17-16-31-12-14-32(15-13-31)25-6-2-1-5-24(25)26(34)30-23-9-7-21(8-10-23)19-29-27(35)36-20-22-4-3-11-28-18-22/h1-11,18,33H,12-17,19-20H2,(H,29,35)(H,30,34). The lowest BCUT2D eigenvalue weighted by atomic mass is 10.1. The van der Waals surface area contributed by atoms with Crippen molar-refractivity contribution in [3.63, 3.8) is 0 Å². The average molecular weight is 490 g/mol. The van der Waals surface area contributed by atoms with Crippen molar-refractivity contribution in [3.05, 3.63) is 89.7 Å². The molecule has 188 valence electrons. The Kier molecular flexibility index (Phi) is 8.85. The number of nitrogens with one attached hydrogen (secondary N) is 2. The van der Waals surface area contributed by atoms with E-state index in [1.54, 1.807) is 18.5 Å². The van der Waals surface area contributed by atoms with Crippen LogP contribution in [-0.2, 0) is 17.9 Å². The summed E-state index contributed by atoms with van der Waals surface area (Å²) in [6.07, 6.45) is 2.81. The molecule has 4 rings (SSSR count). The van der Waals surface area contributed by atoms with Crippen molar-refractivity contribution in [2.24, 2.45) is 0 Å². The van der Waals surface area contributed by atoms with E-state index in [1.807, 2.05) is 54.6 Å². The van der Waals surface area contributed by atoms with Crippen LogP contribution in [0.15, 0.2) is 73.1 Å². The molecular weight excluding hydrogens is 458 g/mol. The molecule has 2 aromatic carbocycles. The van der Waals surface area contributed by atoms with Crippen LogP contribution in [0.3, 0.4) is 0 Å². The third kappa shape index (κ3) is 7.03. The maximum Gasteiger partial charge on any atom is 0.407 e. The number of para-hydroxylation sites is 1. The molecule has 0 bridgehead atoms. The van der Waals surface area contributed by atoms with Gasteiger partial charge in [0.2, 0.25) is 0 Å². The molecule has 0 atom stereocenters. The fourth-order valence-corrected chi connectivity index (χ4v) is 4.06. The Balaban J connectivity index is 1.28. The summed E-state index contributed by atoms with van der Waals surface area (Å²) in [6, 6.07) is 18.6. The number of piperazine rings is 1. The van der Waals surface area contributed by atoms with Gasteiger partial charge >= 0.3 is 6.09 Å². The number of rotatable bonds is 9. The predicted molar refractivity (Wildman–Crippen MR) is 138 cm³/mol. The lowest BCUT2D eigenvalue weighted by Gasteiger charge is -2.36. The summed E-state index contributed by atoms with van der Waals surface area (Å²) < 4.78 is 5.19. The van der Waals surface area contributed by atoms with E-state index in [1.165, 1.54) is 0 Å². The van der Waals surface area contributed by atoms with E-state index in [4.69, 9.17) is 9.84 Å². The van der Waals surface area contributed by atoms with Crippen LogP contribution in [0.25, 0.3) is 0 Å². The molecule has 1 fully saturated rings. The summed E-state index contributed by atoms with van der Waals surface area (Å²) in [4.78, 5) is 33.4. The number of ether oxygens (including phenoxy) is 1. The van der Waals surface area contributed by atoms with Crippen LogP contribution in [0, 0.1) is 0 Å². The minimum atomic E-state index is -0.509. The Morgan fingerprint density at radius 3 is 2.44 bits per heavy atom. The van der Waals surface area contributed by atoms with E-state index in [0.29, 0.717) is 24.3 Å². The highest BCUT2D eigenvalue weighted by Gasteiger charge is 2.21. The van der Waals surface area contributed by atoms with Gasteiger partial charge in [0.15, 0.2) is 0 Å². The van der Waals surface area contributed by atoms with E-state index < -0.39 is 6.09 Å². The first-order chi connectivity index (χ1) is 17.6. The molecule has 1 aromatic heterocycles. The van der Waals surface area contributed by atoms with Crippen molar-refractivity contribution >= 4 is 23.4 Å². The number of β-amino-alcohol motifs (C(OH)–C–C–N with tert-alkyl or cyclic N) is 1. The van der Waals surface area contributed by atoms with E-state index in [-0.39, 0.29) is 19.1 Å². The third-order valence-electron chi connectivity index (χ3n) is 6.02. The molecule has 3 aromatic rings. The molecule has 0 spiro atoms. The van der Waals surface area contributed by atoms with Crippen molar-refractivity contribution in [3.8, 4) is 0 Å². The minimum Gasteiger partial charge on any atom is -0.445 e. The molecule has 1 aliphatic rings. The number of nitrogens with zero attached hydrogens (tertiary/aromatic N) is 3. The fourth-order valence-electron chi connectivity index (χ4n) is 4.06. The number of carbonyl (C=O) groups excluding carboxylic acids is 2. The normalized spacial score (nSPS) is 13.8. The molecule has 0 saturated carbocycles. The van der Waals surface area contributed by atoms with E-state index >= 15 is 0 Å². The van der Waals surface area contributed by atoms with Crippen LogP contribution < -0.4 is 15.5 Å². The Morgan fingerprint density at radius 1 is 0.944 bits per heavy atom. The Hall–Kier alpha value is -3.95. The Bertz CT molecular complexity index is 1130. The largest absolute Gasteiger partial charge is 0.445 e. The number of carbonyl (C=O) groups is 2. The van der Waals surface area contributed by atoms with Gasteiger partial charge in [-0.25, -0.2) is 4.79 Å². The molecule has 1 aliphatic heterocycles. The second kappa shape index (κ2) is 12.7. The number of hydrogen-bond acceptors (Lipinski definition) is 7. The predicted octanol–water partition coefficient (Wildman–Crippen LogP) is 2.87. The smallest absolute Gasteiger partial charge is 0.407 e. The molecule has 1 saturated heterocycles. The number of aliphatic hydroxyl groups is 1. The van der Waals surface area contributed by atoms with Crippen LogP contribution in [-0.4, -0.2) is 66.3 Å². The van der Waals surface area contributed by atoms with Crippen molar-refractivity contribution < 1.29 is 19.4 Å². The summed E-state index contributed by atoms with van der Waals surface area (Å²) in [5, 5.41) is 14.8. The molecule has 9 nitrogen and oxygen atoms in total. The first-order valence-electron chi connectivity index (χ1n) is 12.0. The number of aromatic nitrogens is 1.